The summed E-state index contributed by atoms with van der Waals surface area (Å²) in [5, 5.41) is 11.3. The number of rotatable bonds is 5. The zero-order chi connectivity index (χ0) is 25.6. The second kappa shape index (κ2) is 9.04. The number of ketones is 1. The highest BCUT2D eigenvalue weighted by molar-refractivity contribution is 7.22. The first-order valence-electron chi connectivity index (χ1n) is 10.7. The van der Waals surface area contributed by atoms with Crippen molar-refractivity contribution in [3.63, 3.8) is 0 Å². The molecular formula is C26H18F2N2O5S. The SMILES string of the molecule is COc1ccc(OC)c([C@H]2/C(=C(\O)c3ccc(F)cc3)C(=O)C(=O)N2c2nc3ccc(F)cc3s2)c1. The van der Waals surface area contributed by atoms with Crippen molar-refractivity contribution in [3.8, 4) is 11.5 Å². The van der Waals surface area contributed by atoms with Gasteiger partial charge in [0.15, 0.2) is 5.13 Å². The number of halogens is 2. The number of methoxy groups -OCH3 is 2. The largest absolute Gasteiger partial charge is 0.507 e. The second-order valence-corrected chi connectivity index (χ2v) is 8.90. The van der Waals surface area contributed by atoms with Crippen molar-refractivity contribution in [2.24, 2.45) is 0 Å². The third kappa shape index (κ3) is 3.85. The number of hydrogen-bond donors (Lipinski definition) is 1. The Morgan fingerprint density at radius 3 is 2.39 bits per heavy atom. The monoisotopic (exact) mass is 508 g/mol. The molecule has 1 saturated heterocycles. The van der Waals surface area contributed by atoms with Crippen LogP contribution in [-0.2, 0) is 9.59 Å². The lowest BCUT2D eigenvalue weighted by Gasteiger charge is -2.25. The number of Topliss-reactive ketones (excluding diaryl/α,β-unsaturated/α-hetero) is 1. The first-order chi connectivity index (χ1) is 17.3. The second-order valence-electron chi connectivity index (χ2n) is 7.89. The summed E-state index contributed by atoms with van der Waals surface area (Å²) in [5.74, 6) is -2.64. The number of aliphatic hydroxyl groups excluding tert-OH is 1. The molecule has 1 atom stereocenters. The average molecular weight is 509 g/mol. The van der Waals surface area contributed by atoms with Gasteiger partial charge in [0.2, 0.25) is 0 Å². The maximum absolute atomic E-state index is 13.8. The van der Waals surface area contributed by atoms with E-state index in [0.717, 1.165) is 28.4 Å². The normalized spacial score (nSPS) is 17.1. The number of carbonyl (C=O) groups excluding carboxylic acids is 2. The number of anilines is 1. The van der Waals surface area contributed by atoms with E-state index in [-0.39, 0.29) is 16.3 Å². The van der Waals surface area contributed by atoms with Gasteiger partial charge in [0.25, 0.3) is 5.78 Å². The molecule has 1 N–H and O–H groups in total. The van der Waals surface area contributed by atoms with E-state index in [1.807, 2.05) is 0 Å². The van der Waals surface area contributed by atoms with Crippen LogP contribution in [0.15, 0.2) is 66.2 Å². The van der Waals surface area contributed by atoms with Crippen LogP contribution in [0.1, 0.15) is 17.2 Å². The van der Waals surface area contributed by atoms with E-state index < -0.39 is 35.1 Å². The molecule has 5 rings (SSSR count). The van der Waals surface area contributed by atoms with Gasteiger partial charge < -0.3 is 14.6 Å². The quantitative estimate of drug-likeness (QED) is 0.226. The van der Waals surface area contributed by atoms with Gasteiger partial charge in [-0.1, -0.05) is 11.3 Å². The molecule has 0 saturated carbocycles. The molecule has 36 heavy (non-hydrogen) atoms. The van der Waals surface area contributed by atoms with E-state index in [4.69, 9.17) is 9.47 Å². The summed E-state index contributed by atoms with van der Waals surface area (Å²) in [6.07, 6.45) is 0. The molecule has 0 spiro atoms. The van der Waals surface area contributed by atoms with Gasteiger partial charge in [-0.05, 0) is 60.7 Å². The van der Waals surface area contributed by atoms with Gasteiger partial charge >= 0.3 is 5.91 Å². The number of hydrogen-bond acceptors (Lipinski definition) is 7. The standard InChI is InChI=1S/C26H18F2N2O5S/c1-34-16-8-10-19(35-2)17(12-16)22-21(23(31)13-3-5-14(27)6-4-13)24(32)25(33)30(22)26-29-18-9-7-15(28)11-20(18)36-26/h3-12,22,31H,1-2H3/b23-21+/t22-/m0/s1. The van der Waals surface area contributed by atoms with E-state index in [1.165, 1.54) is 44.6 Å². The number of carbonyl (C=O) groups is 2. The van der Waals surface area contributed by atoms with Crippen LogP contribution in [0.25, 0.3) is 16.0 Å². The minimum absolute atomic E-state index is 0.130. The number of ether oxygens (including phenoxy) is 2. The smallest absolute Gasteiger partial charge is 0.301 e. The average Bonchev–Trinajstić information content (AvgIpc) is 3.41. The minimum Gasteiger partial charge on any atom is -0.507 e. The molecule has 1 amide bonds. The van der Waals surface area contributed by atoms with Crippen LogP contribution in [0, 0.1) is 11.6 Å². The van der Waals surface area contributed by atoms with Gasteiger partial charge in [0.05, 0.1) is 30.0 Å². The summed E-state index contributed by atoms with van der Waals surface area (Å²) >= 11 is 1.02. The molecule has 4 aromatic rings. The molecule has 1 aliphatic heterocycles. The van der Waals surface area contributed by atoms with Crippen molar-refractivity contribution in [2.75, 3.05) is 19.1 Å². The lowest BCUT2D eigenvalue weighted by atomic mass is 9.94. The molecule has 1 aliphatic rings. The minimum atomic E-state index is -1.16. The van der Waals surface area contributed by atoms with Crippen molar-refractivity contribution in [3.05, 3.63) is 89.0 Å². The highest BCUT2D eigenvalue weighted by Gasteiger charge is 2.49. The maximum Gasteiger partial charge on any atom is 0.301 e. The Hall–Kier alpha value is -4.31. The Labute approximate surface area is 207 Å². The van der Waals surface area contributed by atoms with Crippen LogP contribution in [0.2, 0.25) is 0 Å². The van der Waals surface area contributed by atoms with Crippen molar-refractivity contribution < 1.29 is 33.0 Å². The molecule has 0 aliphatic carbocycles. The van der Waals surface area contributed by atoms with Gasteiger partial charge in [-0.15, -0.1) is 0 Å². The summed E-state index contributed by atoms with van der Waals surface area (Å²) in [6.45, 7) is 0. The molecule has 7 nitrogen and oxygen atoms in total. The third-order valence-electron chi connectivity index (χ3n) is 5.84. The van der Waals surface area contributed by atoms with Crippen LogP contribution in [-0.4, -0.2) is 36.0 Å². The van der Waals surface area contributed by atoms with E-state index >= 15 is 0 Å². The first-order valence-corrected chi connectivity index (χ1v) is 11.5. The van der Waals surface area contributed by atoms with Crippen molar-refractivity contribution in [1.29, 1.82) is 0 Å². The number of amides is 1. The lowest BCUT2D eigenvalue weighted by molar-refractivity contribution is -0.132. The van der Waals surface area contributed by atoms with Crippen molar-refractivity contribution in [1.82, 2.24) is 4.98 Å². The Morgan fingerprint density at radius 2 is 1.69 bits per heavy atom. The predicted octanol–water partition coefficient (Wildman–Crippen LogP) is 5.22. The summed E-state index contributed by atoms with van der Waals surface area (Å²) in [6, 6.07) is 12.6. The molecule has 0 bridgehead atoms. The van der Waals surface area contributed by atoms with E-state index in [0.29, 0.717) is 27.3 Å². The number of aliphatic hydroxyl groups is 1. The fourth-order valence-electron chi connectivity index (χ4n) is 4.13. The third-order valence-corrected chi connectivity index (χ3v) is 6.86. The van der Waals surface area contributed by atoms with E-state index in [1.54, 1.807) is 18.2 Å². The van der Waals surface area contributed by atoms with Gasteiger partial charge in [-0.3, -0.25) is 14.5 Å². The van der Waals surface area contributed by atoms with Crippen LogP contribution in [0.5, 0.6) is 11.5 Å². The lowest BCUT2D eigenvalue weighted by Crippen LogP contribution is -2.29. The maximum atomic E-state index is 13.8. The van der Waals surface area contributed by atoms with Gasteiger partial charge in [0, 0.05) is 11.1 Å². The summed E-state index contributed by atoms with van der Waals surface area (Å²) in [4.78, 5) is 32.3. The molecule has 3 aromatic carbocycles. The molecular weight excluding hydrogens is 490 g/mol. The number of aromatic nitrogens is 1. The van der Waals surface area contributed by atoms with Gasteiger partial charge in [-0.25, -0.2) is 13.8 Å². The van der Waals surface area contributed by atoms with Crippen molar-refractivity contribution in [2.45, 2.75) is 6.04 Å². The van der Waals surface area contributed by atoms with E-state index in [9.17, 15) is 23.5 Å². The molecule has 2 heterocycles. The number of nitrogens with zero attached hydrogens (tertiary/aromatic N) is 2. The van der Waals surface area contributed by atoms with Crippen LogP contribution < -0.4 is 14.4 Å². The number of fused-ring (bicyclic) bond motifs is 1. The van der Waals surface area contributed by atoms with Crippen LogP contribution >= 0.6 is 11.3 Å². The first kappa shape index (κ1) is 23.4. The molecule has 1 fully saturated rings. The predicted molar refractivity (Wildman–Crippen MR) is 130 cm³/mol. The molecule has 0 radical (unpaired) electrons. The van der Waals surface area contributed by atoms with Crippen molar-refractivity contribution >= 4 is 44.1 Å². The zero-order valence-corrected chi connectivity index (χ0v) is 19.8. The van der Waals surface area contributed by atoms with Gasteiger partial charge in [-0.2, -0.15) is 0 Å². The highest BCUT2D eigenvalue weighted by Crippen LogP contribution is 2.47. The number of benzene rings is 3. The number of thiazole rings is 1. The van der Waals surface area contributed by atoms with E-state index in [2.05, 4.69) is 4.98 Å². The topological polar surface area (TPSA) is 89.0 Å². The summed E-state index contributed by atoms with van der Waals surface area (Å²) in [7, 11) is 2.89. The molecule has 1 aromatic heterocycles. The molecule has 182 valence electrons. The Kier molecular flexibility index (Phi) is 5.89. The zero-order valence-electron chi connectivity index (χ0n) is 19.0. The Morgan fingerprint density at radius 1 is 0.972 bits per heavy atom. The highest BCUT2D eigenvalue weighted by atomic mass is 32.1. The molecule has 0 unspecified atom stereocenters. The van der Waals surface area contributed by atoms with Crippen LogP contribution in [0.4, 0.5) is 13.9 Å². The summed E-state index contributed by atoms with van der Waals surface area (Å²) < 4.78 is 38.7. The molecule has 10 heteroatoms. The fourth-order valence-corrected chi connectivity index (χ4v) is 5.15. The van der Waals surface area contributed by atoms with Gasteiger partial charge in [0.1, 0.15) is 34.9 Å². The Bertz CT molecular complexity index is 1550. The van der Waals surface area contributed by atoms with Crippen LogP contribution in [0.3, 0.4) is 0 Å². The summed E-state index contributed by atoms with van der Waals surface area (Å²) in [5.41, 5.74) is 0.703. The Balaban J connectivity index is 1.78. The fraction of sp³-hybridized carbons (Fsp3) is 0.115.